The number of carbonyl (C=O) groups excluding carboxylic acids is 1. The molecule has 110 valence electrons. The third-order valence-electron chi connectivity index (χ3n) is 3.46. The Balaban J connectivity index is 2.06. The van der Waals surface area contributed by atoms with Gasteiger partial charge in [0.1, 0.15) is 17.9 Å². The Bertz CT molecular complexity index is 490. The monoisotopic (exact) mass is 297 g/mol. The van der Waals surface area contributed by atoms with Gasteiger partial charge in [0.05, 0.1) is 7.11 Å². The highest BCUT2D eigenvalue weighted by Gasteiger charge is 2.31. The topological polar surface area (TPSA) is 47.6 Å². The highest BCUT2D eigenvalue weighted by Crippen LogP contribution is 2.31. The van der Waals surface area contributed by atoms with E-state index < -0.39 is 0 Å². The summed E-state index contributed by atoms with van der Waals surface area (Å²) in [6.07, 6.45) is 0.588. The van der Waals surface area contributed by atoms with Crippen molar-refractivity contribution in [3.8, 4) is 5.75 Å². The van der Waals surface area contributed by atoms with Gasteiger partial charge in [0.2, 0.25) is 0 Å². The Morgan fingerprint density at radius 3 is 2.85 bits per heavy atom. The van der Waals surface area contributed by atoms with E-state index in [-0.39, 0.29) is 18.1 Å². The lowest BCUT2D eigenvalue weighted by Crippen LogP contribution is -2.31. The molecular formula is C15H20ClNO3. The van der Waals surface area contributed by atoms with Gasteiger partial charge in [0.15, 0.2) is 0 Å². The fourth-order valence-corrected chi connectivity index (χ4v) is 2.55. The third-order valence-corrected chi connectivity index (χ3v) is 3.70. The van der Waals surface area contributed by atoms with Crippen molar-refractivity contribution in [1.82, 2.24) is 5.32 Å². The minimum Gasteiger partial charge on any atom is -0.489 e. The average molecular weight is 298 g/mol. The molecule has 0 aromatic heterocycles. The largest absolute Gasteiger partial charge is 0.489 e. The number of nitrogens with one attached hydrogen (secondary N) is 1. The van der Waals surface area contributed by atoms with Gasteiger partial charge in [-0.05, 0) is 29.7 Å². The smallest absolute Gasteiger partial charge is 0.323 e. The molecule has 0 bridgehead atoms. The Morgan fingerprint density at radius 1 is 1.45 bits per heavy atom. The highest BCUT2D eigenvalue weighted by molar-refractivity contribution is 6.30. The molecule has 0 unspecified atom stereocenters. The summed E-state index contributed by atoms with van der Waals surface area (Å²) in [5.41, 5.74) is 1.08. The van der Waals surface area contributed by atoms with Crippen LogP contribution in [0.2, 0.25) is 5.02 Å². The molecule has 5 heteroatoms. The summed E-state index contributed by atoms with van der Waals surface area (Å²) in [6.45, 7) is 4.84. The molecule has 1 aliphatic heterocycles. The van der Waals surface area contributed by atoms with Gasteiger partial charge < -0.3 is 14.8 Å². The second-order valence-electron chi connectivity index (χ2n) is 5.30. The number of methoxy groups -OCH3 is 1. The number of ether oxygens (including phenoxy) is 2. The summed E-state index contributed by atoms with van der Waals surface area (Å²) in [5.74, 6) is 0.924. The van der Waals surface area contributed by atoms with Gasteiger partial charge >= 0.3 is 5.97 Å². The minimum absolute atomic E-state index is 0.0298. The molecule has 0 amide bonds. The quantitative estimate of drug-likeness (QED) is 0.868. The lowest BCUT2D eigenvalue weighted by molar-refractivity contribution is -0.142. The van der Waals surface area contributed by atoms with Gasteiger partial charge in [0.25, 0.3) is 0 Å². The van der Waals surface area contributed by atoms with E-state index in [0.29, 0.717) is 23.9 Å². The van der Waals surface area contributed by atoms with E-state index in [1.54, 1.807) is 0 Å². The molecule has 1 fully saturated rings. The molecule has 1 saturated heterocycles. The molecule has 2 atom stereocenters. The van der Waals surface area contributed by atoms with Crippen LogP contribution in [0.5, 0.6) is 5.75 Å². The third kappa shape index (κ3) is 3.44. The zero-order chi connectivity index (χ0) is 14.7. The van der Waals surface area contributed by atoms with Crippen LogP contribution in [0.4, 0.5) is 0 Å². The van der Waals surface area contributed by atoms with Crippen LogP contribution in [-0.2, 0) is 9.53 Å². The van der Waals surface area contributed by atoms with E-state index in [0.717, 1.165) is 11.3 Å². The first-order chi connectivity index (χ1) is 9.51. The van der Waals surface area contributed by atoms with Crippen molar-refractivity contribution in [3.05, 3.63) is 28.8 Å². The van der Waals surface area contributed by atoms with Crippen LogP contribution in [0.1, 0.15) is 31.7 Å². The first-order valence-electron chi connectivity index (χ1n) is 6.78. The van der Waals surface area contributed by atoms with Crippen LogP contribution in [0.3, 0.4) is 0 Å². The minimum atomic E-state index is -0.278. The predicted octanol–water partition coefficient (Wildman–Crippen LogP) is 2.75. The number of hydrogen-bond acceptors (Lipinski definition) is 4. The van der Waals surface area contributed by atoms with Crippen LogP contribution in [-0.4, -0.2) is 31.8 Å². The SMILES string of the molecule is COC(=O)[C@@H]1C[C@H](Oc2ccc(Cl)cc2C(C)C)CN1. The van der Waals surface area contributed by atoms with Crippen LogP contribution >= 0.6 is 11.6 Å². The number of rotatable bonds is 4. The van der Waals surface area contributed by atoms with E-state index in [1.807, 2.05) is 18.2 Å². The molecule has 0 radical (unpaired) electrons. The molecule has 1 aromatic carbocycles. The molecule has 0 spiro atoms. The van der Waals surface area contributed by atoms with Gasteiger partial charge in [-0.1, -0.05) is 25.4 Å². The fourth-order valence-electron chi connectivity index (χ4n) is 2.37. The standard InChI is InChI=1S/C15H20ClNO3/c1-9(2)12-6-10(16)4-5-14(12)20-11-7-13(17-8-11)15(18)19-3/h4-6,9,11,13,17H,7-8H2,1-3H3/t11-,13-/m0/s1. The Labute approximate surface area is 124 Å². The Kier molecular flexibility index (Phi) is 4.89. The van der Waals surface area contributed by atoms with Gasteiger partial charge in [-0.15, -0.1) is 0 Å². The molecule has 1 heterocycles. The average Bonchev–Trinajstić information content (AvgIpc) is 2.88. The van der Waals surface area contributed by atoms with Crippen molar-refractivity contribution in [2.75, 3.05) is 13.7 Å². The first-order valence-corrected chi connectivity index (χ1v) is 7.16. The number of halogens is 1. The molecule has 0 saturated carbocycles. The predicted molar refractivity (Wildman–Crippen MR) is 78.4 cm³/mol. The zero-order valence-corrected chi connectivity index (χ0v) is 12.7. The van der Waals surface area contributed by atoms with Gasteiger partial charge in [-0.3, -0.25) is 4.79 Å². The van der Waals surface area contributed by atoms with Crippen LogP contribution in [0.15, 0.2) is 18.2 Å². The van der Waals surface area contributed by atoms with Crippen LogP contribution in [0.25, 0.3) is 0 Å². The van der Waals surface area contributed by atoms with Gasteiger partial charge in [-0.2, -0.15) is 0 Å². The number of carbonyl (C=O) groups is 1. The zero-order valence-electron chi connectivity index (χ0n) is 12.0. The maximum atomic E-state index is 11.5. The van der Waals surface area contributed by atoms with E-state index in [1.165, 1.54) is 7.11 Å². The number of hydrogen-bond donors (Lipinski definition) is 1. The lowest BCUT2D eigenvalue weighted by Gasteiger charge is -2.18. The molecule has 0 aliphatic carbocycles. The highest BCUT2D eigenvalue weighted by atomic mass is 35.5. The van der Waals surface area contributed by atoms with Crippen molar-refractivity contribution in [3.63, 3.8) is 0 Å². The maximum Gasteiger partial charge on any atom is 0.323 e. The second-order valence-corrected chi connectivity index (χ2v) is 5.73. The second kappa shape index (κ2) is 6.46. The van der Waals surface area contributed by atoms with Crippen molar-refractivity contribution in [2.45, 2.75) is 38.3 Å². The van der Waals surface area contributed by atoms with Crippen molar-refractivity contribution in [1.29, 1.82) is 0 Å². The molecule has 1 N–H and O–H groups in total. The molecule has 2 rings (SSSR count). The summed E-state index contributed by atoms with van der Waals surface area (Å²) < 4.78 is 10.8. The van der Waals surface area contributed by atoms with Crippen molar-refractivity contribution < 1.29 is 14.3 Å². The first kappa shape index (κ1) is 15.1. The summed E-state index contributed by atoms with van der Waals surface area (Å²) >= 11 is 6.03. The summed E-state index contributed by atoms with van der Waals surface area (Å²) in [6, 6.07) is 5.37. The van der Waals surface area contributed by atoms with E-state index in [9.17, 15) is 4.79 Å². The van der Waals surface area contributed by atoms with Gasteiger partial charge in [0, 0.05) is 18.0 Å². The van der Waals surface area contributed by atoms with E-state index >= 15 is 0 Å². The summed E-state index contributed by atoms with van der Waals surface area (Å²) in [4.78, 5) is 11.5. The van der Waals surface area contributed by atoms with E-state index in [4.69, 9.17) is 21.1 Å². The molecule has 4 nitrogen and oxygen atoms in total. The summed E-state index contributed by atoms with van der Waals surface area (Å²) in [7, 11) is 1.40. The Morgan fingerprint density at radius 2 is 2.20 bits per heavy atom. The van der Waals surface area contributed by atoms with E-state index in [2.05, 4.69) is 19.2 Å². The molecule has 1 aromatic rings. The summed E-state index contributed by atoms with van der Waals surface area (Å²) in [5, 5.41) is 3.82. The van der Waals surface area contributed by atoms with Crippen molar-refractivity contribution >= 4 is 17.6 Å². The van der Waals surface area contributed by atoms with Crippen molar-refractivity contribution in [2.24, 2.45) is 0 Å². The van der Waals surface area contributed by atoms with Crippen LogP contribution in [0, 0.1) is 0 Å². The fraction of sp³-hybridized carbons (Fsp3) is 0.533. The number of benzene rings is 1. The van der Waals surface area contributed by atoms with Crippen LogP contribution < -0.4 is 10.1 Å². The van der Waals surface area contributed by atoms with Gasteiger partial charge in [-0.25, -0.2) is 0 Å². The molecular weight excluding hydrogens is 278 g/mol. The Hall–Kier alpha value is -1.26. The molecule has 20 heavy (non-hydrogen) atoms. The molecule has 1 aliphatic rings. The normalized spacial score (nSPS) is 22.1. The lowest BCUT2D eigenvalue weighted by atomic mass is 10.0. The maximum absolute atomic E-state index is 11.5. The number of esters is 1.